The van der Waals surface area contributed by atoms with Crippen molar-refractivity contribution in [2.45, 2.75) is 26.3 Å². The lowest BCUT2D eigenvalue weighted by Gasteiger charge is -2.23. The van der Waals surface area contributed by atoms with E-state index >= 15 is 0 Å². The highest BCUT2D eigenvalue weighted by Crippen LogP contribution is 2.26. The van der Waals surface area contributed by atoms with Gasteiger partial charge in [0.25, 0.3) is 6.43 Å². The zero-order valence-electron chi connectivity index (χ0n) is 18.1. The van der Waals surface area contributed by atoms with Crippen molar-refractivity contribution in [3.8, 4) is 0 Å². The van der Waals surface area contributed by atoms with Crippen LogP contribution in [0.15, 0.2) is 41.5 Å². The number of nitrogens with zero attached hydrogens (tertiary/aromatic N) is 5. The second kappa shape index (κ2) is 9.46. The van der Waals surface area contributed by atoms with Gasteiger partial charge in [-0.15, -0.1) is 0 Å². The molecule has 3 heterocycles. The minimum Gasteiger partial charge on any atom is -0.331 e. The van der Waals surface area contributed by atoms with Gasteiger partial charge in [-0.3, -0.25) is 9.98 Å². The molecule has 0 aliphatic carbocycles. The van der Waals surface area contributed by atoms with Crippen LogP contribution >= 0.6 is 11.9 Å². The number of aryl methyl sites for hydroxylation is 2. The summed E-state index contributed by atoms with van der Waals surface area (Å²) in [7, 11) is 1.90. The molecule has 0 bridgehead atoms. The monoisotopic (exact) mass is 459 g/mol. The molecule has 0 saturated heterocycles. The van der Waals surface area contributed by atoms with Gasteiger partial charge in [-0.25, -0.2) is 22.5 Å². The molecule has 2 aromatic heterocycles. The molecule has 5 nitrogen and oxygen atoms in total. The first kappa shape index (κ1) is 22.5. The number of rotatable bonds is 5. The Labute approximate surface area is 188 Å². The molecule has 0 radical (unpaired) electrons. The average Bonchev–Trinajstić information content (AvgIpc) is 2.80. The summed E-state index contributed by atoms with van der Waals surface area (Å²) in [4.78, 5) is 13.8. The van der Waals surface area contributed by atoms with Crippen LogP contribution in [0.3, 0.4) is 0 Å². The third kappa shape index (κ3) is 4.45. The first-order valence-corrected chi connectivity index (χ1v) is 11.4. The standard InChI is InChI=1S/C23H24F3N5S/c1-14-29-23(28-12-16-5-4-6-17(21(16)24)22(25)26)18-11-19(27-13-20(18)30(14)2)15-7-9-31(32-3)10-8-15/h4-7,11,13,22H,8-10,12H2,1-3H3. The molecule has 32 heavy (non-hydrogen) atoms. The molecule has 0 atom stereocenters. The van der Waals surface area contributed by atoms with E-state index in [1.807, 2.05) is 24.6 Å². The Balaban J connectivity index is 1.78. The maximum Gasteiger partial charge on any atom is 0.266 e. The molecule has 0 fully saturated rings. The maximum absolute atomic E-state index is 14.5. The molecule has 1 aliphatic heterocycles. The van der Waals surface area contributed by atoms with Gasteiger partial charge in [0, 0.05) is 31.1 Å². The molecule has 0 unspecified atom stereocenters. The van der Waals surface area contributed by atoms with Crippen LogP contribution in [0.25, 0.3) is 16.5 Å². The van der Waals surface area contributed by atoms with Gasteiger partial charge in [-0.05, 0) is 31.2 Å². The van der Waals surface area contributed by atoms with E-state index in [2.05, 4.69) is 31.6 Å². The molecule has 0 N–H and O–H groups in total. The second-order valence-corrected chi connectivity index (χ2v) is 8.50. The van der Waals surface area contributed by atoms with E-state index in [9.17, 15) is 13.2 Å². The van der Waals surface area contributed by atoms with E-state index < -0.39 is 17.8 Å². The molecular formula is C23H24F3N5S. The van der Waals surface area contributed by atoms with Crippen molar-refractivity contribution in [3.05, 3.63) is 70.5 Å². The lowest BCUT2D eigenvalue weighted by molar-refractivity contribution is 0.146. The summed E-state index contributed by atoms with van der Waals surface area (Å²) in [6.45, 7) is 3.58. The summed E-state index contributed by atoms with van der Waals surface area (Å²) in [5.41, 5.74) is 2.84. The van der Waals surface area contributed by atoms with Gasteiger partial charge in [-0.2, -0.15) is 0 Å². The molecule has 1 aliphatic rings. The topological polar surface area (TPSA) is 46.3 Å². The van der Waals surface area contributed by atoms with Crippen molar-refractivity contribution in [1.82, 2.24) is 18.8 Å². The zero-order chi connectivity index (χ0) is 22.8. The molecule has 0 spiro atoms. The largest absolute Gasteiger partial charge is 0.331 e. The average molecular weight is 460 g/mol. The highest BCUT2D eigenvalue weighted by Gasteiger charge is 2.17. The summed E-state index contributed by atoms with van der Waals surface area (Å²) >= 11 is 1.72. The molecule has 0 saturated carbocycles. The van der Waals surface area contributed by atoms with Crippen molar-refractivity contribution in [1.29, 1.82) is 0 Å². The number of hydrogen-bond acceptors (Lipinski definition) is 5. The number of fused-ring (bicyclic) bond motifs is 1. The molecule has 1 aromatic carbocycles. The summed E-state index contributed by atoms with van der Waals surface area (Å²) in [5, 5.41) is 0.793. The van der Waals surface area contributed by atoms with Crippen molar-refractivity contribution in [2.75, 3.05) is 19.3 Å². The van der Waals surface area contributed by atoms with Gasteiger partial charge < -0.3 is 4.57 Å². The van der Waals surface area contributed by atoms with Crippen LogP contribution in [0.2, 0.25) is 0 Å². The number of pyridine rings is 1. The number of benzene rings is 1. The predicted molar refractivity (Wildman–Crippen MR) is 122 cm³/mol. The highest BCUT2D eigenvalue weighted by molar-refractivity contribution is 7.96. The number of alkyl halides is 2. The summed E-state index contributed by atoms with van der Waals surface area (Å²) in [6.07, 6.45) is 4.07. The predicted octanol–water partition coefficient (Wildman–Crippen LogP) is 4.82. The lowest BCUT2D eigenvalue weighted by Crippen LogP contribution is -2.22. The summed E-state index contributed by atoms with van der Waals surface area (Å²) < 4.78 is 44.7. The number of halogens is 3. The van der Waals surface area contributed by atoms with Crippen molar-refractivity contribution >= 4 is 28.4 Å². The van der Waals surface area contributed by atoms with Crippen molar-refractivity contribution < 1.29 is 13.2 Å². The Morgan fingerprint density at radius 3 is 2.78 bits per heavy atom. The maximum atomic E-state index is 14.5. The summed E-state index contributed by atoms with van der Waals surface area (Å²) in [5.74, 6) is -0.193. The van der Waals surface area contributed by atoms with Crippen LogP contribution in [0.1, 0.15) is 35.5 Å². The van der Waals surface area contributed by atoms with E-state index in [1.54, 1.807) is 18.1 Å². The van der Waals surface area contributed by atoms with Gasteiger partial charge >= 0.3 is 0 Å². The quantitative estimate of drug-likeness (QED) is 0.513. The third-order valence-electron chi connectivity index (χ3n) is 5.74. The van der Waals surface area contributed by atoms with Gasteiger partial charge in [0.1, 0.15) is 11.6 Å². The second-order valence-electron chi connectivity index (χ2n) is 7.62. The Hall–Kier alpha value is -2.65. The van der Waals surface area contributed by atoms with E-state index in [0.29, 0.717) is 5.49 Å². The minimum atomic E-state index is -2.87. The Bertz CT molecular complexity index is 1250. The van der Waals surface area contributed by atoms with E-state index in [-0.39, 0.29) is 12.1 Å². The van der Waals surface area contributed by atoms with Gasteiger partial charge in [0.2, 0.25) is 0 Å². The van der Waals surface area contributed by atoms with Gasteiger partial charge in [0.15, 0.2) is 5.49 Å². The van der Waals surface area contributed by atoms with Crippen LogP contribution in [-0.2, 0) is 13.6 Å². The molecule has 0 amide bonds. The fraction of sp³-hybridized carbons (Fsp3) is 0.348. The van der Waals surface area contributed by atoms with E-state index in [1.165, 1.54) is 17.7 Å². The van der Waals surface area contributed by atoms with E-state index in [4.69, 9.17) is 0 Å². The molecule has 3 aromatic rings. The van der Waals surface area contributed by atoms with Crippen LogP contribution in [0.4, 0.5) is 13.2 Å². The van der Waals surface area contributed by atoms with Crippen molar-refractivity contribution in [3.63, 3.8) is 0 Å². The molecule has 9 heteroatoms. The van der Waals surface area contributed by atoms with Crippen LogP contribution in [0, 0.1) is 12.7 Å². The van der Waals surface area contributed by atoms with Crippen LogP contribution in [0.5, 0.6) is 0 Å². The first-order valence-electron chi connectivity index (χ1n) is 10.3. The van der Waals surface area contributed by atoms with E-state index in [0.717, 1.165) is 48.0 Å². The highest BCUT2D eigenvalue weighted by atomic mass is 32.2. The first-order chi connectivity index (χ1) is 15.4. The van der Waals surface area contributed by atoms with Gasteiger partial charge in [0.05, 0.1) is 29.5 Å². The van der Waals surface area contributed by atoms with Gasteiger partial charge in [-0.1, -0.05) is 36.2 Å². The normalized spacial score (nSPS) is 15.6. The smallest absolute Gasteiger partial charge is 0.266 e. The Kier molecular flexibility index (Phi) is 6.66. The SMILES string of the molecule is CSN1CC=C(c2cc3c(=NCc4cccc(C(F)F)c4F)nc(C)n(C)c3cn2)CC1. The number of hydrogen-bond donors (Lipinski definition) is 0. The fourth-order valence-corrected chi connectivity index (χ4v) is 4.25. The fourth-order valence-electron chi connectivity index (χ4n) is 3.75. The van der Waals surface area contributed by atoms with Crippen LogP contribution < -0.4 is 5.49 Å². The molecule has 4 rings (SSSR count). The molecular weight excluding hydrogens is 435 g/mol. The Morgan fingerprint density at radius 1 is 1.28 bits per heavy atom. The van der Waals surface area contributed by atoms with Crippen molar-refractivity contribution in [2.24, 2.45) is 12.0 Å². The third-order valence-corrected chi connectivity index (χ3v) is 6.59. The summed E-state index contributed by atoms with van der Waals surface area (Å²) in [6, 6.07) is 5.96. The number of aromatic nitrogens is 3. The molecule has 168 valence electrons. The Morgan fingerprint density at radius 2 is 2.09 bits per heavy atom. The zero-order valence-corrected chi connectivity index (χ0v) is 19.0. The van der Waals surface area contributed by atoms with Crippen LogP contribution in [-0.4, -0.2) is 38.2 Å². The minimum absolute atomic E-state index is 0.0787. The lowest BCUT2D eigenvalue weighted by atomic mass is 10.0.